The van der Waals surface area contributed by atoms with Crippen LogP contribution in [-0.2, 0) is 19.1 Å². The van der Waals surface area contributed by atoms with Gasteiger partial charge in [0, 0.05) is 6.54 Å². The summed E-state index contributed by atoms with van der Waals surface area (Å²) in [7, 11) is 0. The molecular weight excluding hydrogens is 335 g/mol. The van der Waals surface area contributed by atoms with E-state index in [0.29, 0.717) is 6.42 Å². The van der Waals surface area contributed by atoms with Crippen molar-refractivity contribution in [2.75, 3.05) is 6.54 Å². The van der Waals surface area contributed by atoms with E-state index in [1.54, 1.807) is 6.07 Å². The van der Waals surface area contributed by atoms with Gasteiger partial charge in [-0.05, 0) is 59.8 Å². The Balaban J connectivity index is 1.55. The molecule has 0 atom stereocenters. The van der Waals surface area contributed by atoms with E-state index in [-0.39, 0.29) is 0 Å². The van der Waals surface area contributed by atoms with Crippen LogP contribution in [-0.4, -0.2) is 6.54 Å². The number of halogens is 3. The third-order valence-electron chi connectivity index (χ3n) is 4.65. The molecule has 136 valence electrons. The first-order valence-corrected chi connectivity index (χ1v) is 8.79. The highest BCUT2D eigenvalue weighted by atomic mass is 19.4. The van der Waals surface area contributed by atoms with E-state index in [4.69, 9.17) is 0 Å². The van der Waals surface area contributed by atoms with E-state index < -0.39 is 11.7 Å². The van der Waals surface area contributed by atoms with Crippen molar-refractivity contribution in [3.8, 4) is 0 Å². The summed E-state index contributed by atoms with van der Waals surface area (Å²) in [6, 6.07) is 18.1. The first kappa shape index (κ1) is 18.5. The van der Waals surface area contributed by atoms with Crippen LogP contribution < -0.4 is 5.32 Å². The zero-order chi connectivity index (χ0) is 18.6. The van der Waals surface area contributed by atoms with Crippen LogP contribution in [0.25, 0.3) is 10.8 Å². The van der Waals surface area contributed by atoms with Gasteiger partial charge in [-0.25, -0.2) is 0 Å². The Kier molecular flexibility index (Phi) is 5.62. The maximum atomic E-state index is 12.8. The number of fused-ring (bicyclic) bond motifs is 1. The standard InChI is InChI=1S/C22H22F3N/c1-16-11-12-18-8-2-3-10-20(18)21(16)15-26-13-5-7-17-6-4-9-19(14-17)22(23,24)25/h2-4,6,8-12,14,26H,5,7,13,15H2,1H3. The summed E-state index contributed by atoms with van der Waals surface area (Å²) >= 11 is 0. The van der Waals surface area contributed by atoms with E-state index in [1.807, 2.05) is 12.1 Å². The highest BCUT2D eigenvalue weighted by Crippen LogP contribution is 2.29. The maximum absolute atomic E-state index is 12.8. The van der Waals surface area contributed by atoms with Crippen LogP contribution in [0, 0.1) is 6.92 Å². The second-order valence-corrected chi connectivity index (χ2v) is 6.56. The third kappa shape index (κ3) is 4.44. The Hall–Kier alpha value is -2.33. The lowest BCUT2D eigenvalue weighted by Crippen LogP contribution is -2.16. The fourth-order valence-electron chi connectivity index (χ4n) is 3.21. The molecule has 0 amide bonds. The predicted molar refractivity (Wildman–Crippen MR) is 100 cm³/mol. The number of rotatable bonds is 6. The van der Waals surface area contributed by atoms with Crippen LogP contribution in [0.3, 0.4) is 0 Å². The van der Waals surface area contributed by atoms with Gasteiger partial charge in [0.2, 0.25) is 0 Å². The minimum absolute atomic E-state index is 0.575. The number of aryl methyl sites for hydroxylation is 2. The monoisotopic (exact) mass is 357 g/mol. The minimum atomic E-state index is -4.28. The molecule has 1 nitrogen and oxygen atoms in total. The normalized spacial score (nSPS) is 11.8. The molecule has 0 unspecified atom stereocenters. The van der Waals surface area contributed by atoms with Crippen LogP contribution in [0.5, 0.6) is 0 Å². The smallest absolute Gasteiger partial charge is 0.313 e. The molecule has 0 aliphatic heterocycles. The molecule has 0 saturated heterocycles. The molecule has 1 N–H and O–H groups in total. The van der Waals surface area contributed by atoms with Gasteiger partial charge in [-0.1, -0.05) is 54.6 Å². The molecule has 0 saturated carbocycles. The largest absolute Gasteiger partial charge is 0.416 e. The number of alkyl halides is 3. The molecule has 3 aromatic rings. The molecule has 0 aromatic heterocycles. The minimum Gasteiger partial charge on any atom is -0.313 e. The highest BCUT2D eigenvalue weighted by molar-refractivity contribution is 5.86. The summed E-state index contributed by atoms with van der Waals surface area (Å²) in [5.74, 6) is 0. The van der Waals surface area contributed by atoms with Crippen LogP contribution in [0.15, 0.2) is 60.7 Å². The lowest BCUT2D eigenvalue weighted by atomic mass is 9.99. The van der Waals surface area contributed by atoms with E-state index in [2.05, 4.69) is 36.5 Å². The van der Waals surface area contributed by atoms with Crippen molar-refractivity contribution in [2.45, 2.75) is 32.5 Å². The molecule has 0 radical (unpaired) electrons. The van der Waals surface area contributed by atoms with E-state index in [1.165, 1.54) is 34.0 Å². The van der Waals surface area contributed by atoms with Crippen LogP contribution in [0.2, 0.25) is 0 Å². The Labute approximate surface area is 151 Å². The van der Waals surface area contributed by atoms with Crippen LogP contribution in [0.4, 0.5) is 13.2 Å². The molecular formula is C22H22F3N. The summed E-state index contributed by atoms with van der Waals surface area (Å²) in [4.78, 5) is 0. The number of nitrogens with one attached hydrogen (secondary N) is 1. The summed E-state index contributed by atoms with van der Waals surface area (Å²) in [5, 5.41) is 5.90. The van der Waals surface area contributed by atoms with Gasteiger partial charge in [0.15, 0.2) is 0 Å². The molecule has 0 aliphatic carbocycles. The quantitative estimate of drug-likeness (QED) is 0.543. The molecule has 4 heteroatoms. The lowest BCUT2D eigenvalue weighted by molar-refractivity contribution is -0.137. The van der Waals surface area contributed by atoms with E-state index >= 15 is 0 Å². The summed E-state index contributed by atoms with van der Waals surface area (Å²) < 4.78 is 38.3. The topological polar surface area (TPSA) is 12.0 Å². The third-order valence-corrected chi connectivity index (χ3v) is 4.65. The molecule has 26 heavy (non-hydrogen) atoms. The van der Waals surface area contributed by atoms with Gasteiger partial charge in [0.25, 0.3) is 0 Å². The Morgan fingerprint density at radius 3 is 2.54 bits per heavy atom. The molecule has 3 rings (SSSR count). The van der Waals surface area contributed by atoms with Crippen LogP contribution >= 0.6 is 0 Å². The number of hydrogen-bond acceptors (Lipinski definition) is 1. The molecule has 0 spiro atoms. The lowest BCUT2D eigenvalue weighted by Gasteiger charge is -2.12. The Bertz CT molecular complexity index is 884. The number of hydrogen-bond donors (Lipinski definition) is 1. The van der Waals surface area contributed by atoms with Crippen molar-refractivity contribution >= 4 is 10.8 Å². The van der Waals surface area contributed by atoms with Gasteiger partial charge < -0.3 is 5.32 Å². The average Bonchev–Trinajstić information content (AvgIpc) is 2.62. The average molecular weight is 357 g/mol. The van der Waals surface area contributed by atoms with Gasteiger partial charge >= 0.3 is 6.18 Å². The first-order valence-electron chi connectivity index (χ1n) is 8.79. The van der Waals surface area contributed by atoms with Crippen molar-refractivity contribution in [1.29, 1.82) is 0 Å². The zero-order valence-electron chi connectivity index (χ0n) is 14.7. The van der Waals surface area contributed by atoms with Crippen molar-refractivity contribution in [1.82, 2.24) is 5.32 Å². The van der Waals surface area contributed by atoms with Gasteiger partial charge in [0.05, 0.1) is 5.56 Å². The Morgan fingerprint density at radius 2 is 1.73 bits per heavy atom. The van der Waals surface area contributed by atoms with Crippen molar-refractivity contribution in [3.05, 3.63) is 82.9 Å². The van der Waals surface area contributed by atoms with Gasteiger partial charge in [-0.15, -0.1) is 0 Å². The fraction of sp³-hybridized carbons (Fsp3) is 0.273. The fourth-order valence-corrected chi connectivity index (χ4v) is 3.21. The summed E-state index contributed by atoms with van der Waals surface area (Å²) in [5.41, 5.74) is 2.67. The van der Waals surface area contributed by atoms with Gasteiger partial charge in [-0.3, -0.25) is 0 Å². The number of benzene rings is 3. The van der Waals surface area contributed by atoms with E-state index in [9.17, 15) is 13.2 Å². The summed E-state index contributed by atoms with van der Waals surface area (Å²) in [6.45, 7) is 3.63. The van der Waals surface area contributed by atoms with Crippen molar-refractivity contribution in [2.24, 2.45) is 0 Å². The SMILES string of the molecule is Cc1ccc2ccccc2c1CNCCCc1cccc(C(F)(F)F)c1. The second-order valence-electron chi connectivity index (χ2n) is 6.56. The van der Waals surface area contributed by atoms with Crippen molar-refractivity contribution in [3.63, 3.8) is 0 Å². The van der Waals surface area contributed by atoms with Gasteiger partial charge in [0.1, 0.15) is 0 Å². The second kappa shape index (κ2) is 7.92. The predicted octanol–water partition coefficient (Wildman–Crippen LogP) is 5.89. The zero-order valence-corrected chi connectivity index (χ0v) is 14.7. The van der Waals surface area contributed by atoms with Crippen LogP contribution in [0.1, 0.15) is 28.7 Å². The maximum Gasteiger partial charge on any atom is 0.416 e. The first-order chi connectivity index (χ1) is 12.4. The molecule has 3 aromatic carbocycles. The van der Waals surface area contributed by atoms with Gasteiger partial charge in [-0.2, -0.15) is 13.2 Å². The molecule has 0 aliphatic rings. The highest BCUT2D eigenvalue weighted by Gasteiger charge is 2.30. The molecule has 0 bridgehead atoms. The Morgan fingerprint density at radius 1 is 0.923 bits per heavy atom. The molecule has 0 fully saturated rings. The molecule has 0 heterocycles. The van der Waals surface area contributed by atoms with Crippen molar-refractivity contribution < 1.29 is 13.2 Å². The van der Waals surface area contributed by atoms with E-state index in [0.717, 1.165) is 31.1 Å². The summed E-state index contributed by atoms with van der Waals surface area (Å²) in [6.07, 6.45) is -2.85.